The van der Waals surface area contributed by atoms with Gasteiger partial charge in [0.2, 0.25) is 6.79 Å². The van der Waals surface area contributed by atoms with Crippen molar-refractivity contribution in [3.63, 3.8) is 0 Å². The number of amides is 1. The Morgan fingerprint density at radius 3 is 2.43 bits per heavy atom. The second-order valence-corrected chi connectivity index (χ2v) is 13.9. The molecule has 0 aromatic heterocycles. The first kappa shape index (κ1) is 34.0. The van der Waals surface area contributed by atoms with Gasteiger partial charge in [-0.05, 0) is 85.6 Å². The fraction of sp³-hybridized carbons (Fsp3) is 0.615. The molecule has 2 aromatic rings. The smallest absolute Gasteiger partial charge is 0.307 e. The van der Waals surface area contributed by atoms with Crippen LogP contribution in [-0.4, -0.2) is 41.0 Å². The van der Waals surface area contributed by atoms with Gasteiger partial charge in [0.1, 0.15) is 5.78 Å². The fourth-order valence-electron chi connectivity index (χ4n) is 8.14. The van der Waals surface area contributed by atoms with Crippen LogP contribution in [0, 0.1) is 23.7 Å². The monoisotopic (exact) mass is 631 g/mol. The van der Waals surface area contributed by atoms with E-state index in [9.17, 15) is 19.5 Å². The van der Waals surface area contributed by atoms with Gasteiger partial charge in [-0.3, -0.25) is 14.4 Å². The van der Waals surface area contributed by atoms with Crippen LogP contribution in [0.25, 0.3) is 0 Å². The second-order valence-electron chi connectivity index (χ2n) is 13.9. The molecule has 0 bridgehead atoms. The molecule has 0 radical (unpaired) electrons. The van der Waals surface area contributed by atoms with E-state index in [0.717, 1.165) is 68.1 Å². The third-order valence-electron chi connectivity index (χ3n) is 10.8. The van der Waals surface area contributed by atoms with Gasteiger partial charge in [-0.15, -0.1) is 0 Å². The summed E-state index contributed by atoms with van der Waals surface area (Å²) < 4.78 is 11.3. The highest BCUT2D eigenvalue weighted by molar-refractivity contribution is 5.98. The number of ether oxygens (including phenoxy) is 2. The molecule has 1 N–H and O–H groups in total. The number of hydrogen-bond acceptors (Lipinski definition) is 5. The van der Waals surface area contributed by atoms with Gasteiger partial charge in [-0.2, -0.15) is 0 Å². The van der Waals surface area contributed by atoms with Crippen LogP contribution in [-0.2, 0) is 16.1 Å². The maximum atomic E-state index is 13.9. The van der Waals surface area contributed by atoms with E-state index in [-0.39, 0.29) is 36.4 Å². The number of fused-ring (bicyclic) bond motifs is 2. The molecule has 3 aliphatic rings. The molecule has 0 saturated heterocycles. The van der Waals surface area contributed by atoms with Crippen molar-refractivity contribution in [1.29, 1.82) is 0 Å². The van der Waals surface area contributed by atoms with Crippen molar-refractivity contribution in [2.45, 2.75) is 116 Å². The first-order chi connectivity index (χ1) is 22.4. The third-order valence-corrected chi connectivity index (χ3v) is 10.8. The molecule has 1 amide bonds. The molecule has 2 unspecified atom stereocenters. The maximum Gasteiger partial charge on any atom is 0.307 e. The summed E-state index contributed by atoms with van der Waals surface area (Å²) in [4.78, 5) is 42.0. The number of rotatable bonds is 17. The van der Waals surface area contributed by atoms with Gasteiger partial charge < -0.3 is 19.5 Å². The molecule has 5 atom stereocenters. The minimum atomic E-state index is -0.802. The molecule has 1 aliphatic carbocycles. The maximum absolute atomic E-state index is 13.9. The SMILES string of the molecule is CCCCCCC(CCCCC)C(=O)CC1CC[C@@H](CCN2Cc3ccccc3C2=O)[C@H](C(=O)O)[C@@H](c2ccc3c(c2)OCO3)C1. The fourth-order valence-corrected chi connectivity index (χ4v) is 8.14. The summed E-state index contributed by atoms with van der Waals surface area (Å²) in [5, 5.41) is 10.8. The average molecular weight is 632 g/mol. The van der Waals surface area contributed by atoms with E-state index in [4.69, 9.17) is 9.47 Å². The van der Waals surface area contributed by atoms with Crippen molar-refractivity contribution in [1.82, 2.24) is 4.90 Å². The van der Waals surface area contributed by atoms with Crippen LogP contribution in [0.5, 0.6) is 11.5 Å². The van der Waals surface area contributed by atoms with Crippen molar-refractivity contribution in [2.75, 3.05) is 13.3 Å². The number of unbranched alkanes of at least 4 members (excludes halogenated alkanes) is 5. The molecule has 250 valence electrons. The highest BCUT2D eigenvalue weighted by Crippen LogP contribution is 2.47. The van der Waals surface area contributed by atoms with Gasteiger partial charge in [0.05, 0.1) is 5.92 Å². The topological polar surface area (TPSA) is 93.1 Å². The summed E-state index contributed by atoms with van der Waals surface area (Å²) >= 11 is 0. The third kappa shape index (κ3) is 8.32. The molecule has 0 spiro atoms. The molecule has 7 nitrogen and oxygen atoms in total. The summed E-state index contributed by atoms with van der Waals surface area (Å²) in [5.41, 5.74) is 2.71. The predicted octanol–water partition coefficient (Wildman–Crippen LogP) is 8.79. The zero-order valence-electron chi connectivity index (χ0n) is 27.9. The minimum absolute atomic E-state index is 0.0277. The average Bonchev–Trinajstić information content (AvgIpc) is 3.60. The first-order valence-electron chi connectivity index (χ1n) is 17.9. The number of Topliss-reactive ketones (excluding diaryl/α,β-unsaturated/α-hetero) is 1. The van der Waals surface area contributed by atoms with Gasteiger partial charge in [-0.1, -0.05) is 83.1 Å². The molecular weight excluding hydrogens is 578 g/mol. The highest BCUT2D eigenvalue weighted by atomic mass is 16.7. The Bertz CT molecular complexity index is 1340. The standard InChI is InChI=1S/C39H53NO6/c1-3-5-7-9-13-28(12-8-6-4-2)34(41)23-27-16-17-29(20-21-40-25-31-14-10-11-15-32(31)38(40)42)37(39(43)44)33(22-27)30-18-19-35-36(24-30)46-26-45-35/h10-11,14-15,18-19,24,27-29,33,37H,3-9,12-13,16-17,20-23,25-26H2,1-2H3,(H,43,44)/t27?,28?,29-,33+,37-/m0/s1. The van der Waals surface area contributed by atoms with Crippen molar-refractivity contribution >= 4 is 17.7 Å². The zero-order chi connectivity index (χ0) is 32.5. The van der Waals surface area contributed by atoms with E-state index in [1.54, 1.807) is 0 Å². The van der Waals surface area contributed by atoms with Crippen LogP contribution in [0.1, 0.15) is 131 Å². The predicted molar refractivity (Wildman–Crippen MR) is 179 cm³/mol. The van der Waals surface area contributed by atoms with Crippen LogP contribution in [0.2, 0.25) is 0 Å². The number of nitrogens with zero attached hydrogens (tertiary/aromatic N) is 1. The number of carbonyl (C=O) groups is 3. The first-order valence-corrected chi connectivity index (χ1v) is 17.9. The van der Waals surface area contributed by atoms with E-state index in [0.29, 0.717) is 49.6 Å². The summed E-state index contributed by atoms with van der Waals surface area (Å²) in [7, 11) is 0. The summed E-state index contributed by atoms with van der Waals surface area (Å²) in [6, 6.07) is 13.5. The van der Waals surface area contributed by atoms with E-state index in [1.807, 2.05) is 47.4 Å². The van der Waals surface area contributed by atoms with Crippen LogP contribution < -0.4 is 9.47 Å². The molecule has 2 aliphatic heterocycles. The Balaban J connectivity index is 1.35. The number of carbonyl (C=O) groups excluding carboxylic acids is 2. The quantitative estimate of drug-likeness (QED) is 0.139. The molecule has 46 heavy (non-hydrogen) atoms. The van der Waals surface area contributed by atoms with Gasteiger partial charge >= 0.3 is 5.97 Å². The van der Waals surface area contributed by atoms with Gasteiger partial charge in [0.15, 0.2) is 11.5 Å². The largest absolute Gasteiger partial charge is 0.481 e. The van der Waals surface area contributed by atoms with Crippen molar-refractivity contribution in [2.24, 2.45) is 23.7 Å². The number of hydrogen-bond donors (Lipinski definition) is 1. The molecule has 2 heterocycles. The Morgan fingerprint density at radius 2 is 1.67 bits per heavy atom. The molecule has 7 heteroatoms. The van der Waals surface area contributed by atoms with Crippen LogP contribution >= 0.6 is 0 Å². The van der Waals surface area contributed by atoms with Gasteiger partial charge in [-0.25, -0.2) is 0 Å². The van der Waals surface area contributed by atoms with Crippen molar-refractivity contribution in [3.8, 4) is 11.5 Å². The number of carboxylic acids is 1. The number of benzene rings is 2. The number of aliphatic carboxylic acids is 1. The summed E-state index contributed by atoms with van der Waals surface area (Å²) in [6.45, 7) is 5.67. The second kappa shape index (κ2) is 16.5. The Kier molecular flexibility index (Phi) is 12.2. The van der Waals surface area contributed by atoms with E-state index >= 15 is 0 Å². The van der Waals surface area contributed by atoms with Crippen LogP contribution in [0.15, 0.2) is 42.5 Å². The normalized spacial score (nSPS) is 22.8. The Labute approximate surface area is 275 Å². The molecule has 1 fully saturated rings. The lowest BCUT2D eigenvalue weighted by Gasteiger charge is -2.30. The molecule has 5 rings (SSSR count). The molecule has 2 aromatic carbocycles. The molecular formula is C39H53NO6. The Hall–Kier alpha value is -3.35. The Morgan fingerprint density at radius 1 is 0.935 bits per heavy atom. The summed E-state index contributed by atoms with van der Waals surface area (Å²) in [5.74, 6) is 0.162. The zero-order valence-corrected chi connectivity index (χ0v) is 27.9. The van der Waals surface area contributed by atoms with Crippen LogP contribution in [0.4, 0.5) is 0 Å². The number of carboxylic acid groups (broad SMARTS) is 1. The lowest BCUT2D eigenvalue weighted by atomic mass is 9.74. The molecule has 1 saturated carbocycles. The van der Waals surface area contributed by atoms with Crippen molar-refractivity contribution < 1.29 is 29.0 Å². The van der Waals surface area contributed by atoms with Gasteiger partial charge in [0.25, 0.3) is 5.91 Å². The summed E-state index contributed by atoms with van der Waals surface area (Å²) in [6.07, 6.45) is 13.3. The number of ketones is 1. The van der Waals surface area contributed by atoms with E-state index in [2.05, 4.69) is 13.8 Å². The minimum Gasteiger partial charge on any atom is -0.481 e. The van der Waals surface area contributed by atoms with Crippen LogP contribution in [0.3, 0.4) is 0 Å². The van der Waals surface area contributed by atoms with Crippen molar-refractivity contribution in [3.05, 3.63) is 59.2 Å². The lowest BCUT2D eigenvalue weighted by Crippen LogP contribution is -2.33. The van der Waals surface area contributed by atoms with E-state index in [1.165, 1.54) is 19.3 Å². The highest BCUT2D eigenvalue weighted by Gasteiger charge is 2.42. The lowest BCUT2D eigenvalue weighted by molar-refractivity contribution is -0.144. The van der Waals surface area contributed by atoms with E-state index < -0.39 is 11.9 Å². The van der Waals surface area contributed by atoms with Gasteiger partial charge in [0, 0.05) is 31.0 Å².